The molecule has 0 fully saturated rings. The van der Waals surface area contributed by atoms with Crippen LogP contribution >= 0.6 is 0 Å². The third-order valence-electron chi connectivity index (χ3n) is 7.20. The van der Waals surface area contributed by atoms with Crippen molar-refractivity contribution in [1.29, 1.82) is 0 Å². The molecule has 0 radical (unpaired) electrons. The Hall–Kier alpha value is -3.98. The number of Topliss-reactive ketones (excluding diaryl/α,β-unsaturated/α-hetero) is 1. The maximum absolute atomic E-state index is 13.9. The molecule has 208 valence electrons. The number of rotatable bonds is 10. The number of esters is 1. The second-order valence-electron chi connectivity index (χ2n) is 9.37. The second-order valence-corrected chi connectivity index (χ2v) is 9.37. The van der Waals surface area contributed by atoms with Gasteiger partial charge >= 0.3 is 5.97 Å². The van der Waals surface area contributed by atoms with E-state index in [4.69, 9.17) is 28.4 Å². The quantitative estimate of drug-likeness (QED) is 0.352. The summed E-state index contributed by atoms with van der Waals surface area (Å²) in [7, 11) is 7.84. The van der Waals surface area contributed by atoms with E-state index < -0.39 is 11.9 Å². The van der Waals surface area contributed by atoms with Crippen LogP contribution in [-0.2, 0) is 19.1 Å². The molecule has 0 bridgehead atoms. The average molecular weight is 538 g/mol. The first-order chi connectivity index (χ1) is 18.9. The van der Waals surface area contributed by atoms with Crippen molar-refractivity contribution < 1.29 is 38.0 Å². The molecule has 0 saturated carbocycles. The molecule has 2 aliphatic rings. The van der Waals surface area contributed by atoms with Gasteiger partial charge in [-0.2, -0.15) is 0 Å². The van der Waals surface area contributed by atoms with Crippen molar-refractivity contribution in [3.05, 3.63) is 70.1 Å². The van der Waals surface area contributed by atoms with Gasteiger partial charge in [0.25, 0.3) is 0 Å². The molecule has 9 heteroatoms. The van der Waals surface area contributed by atoms with Crippen LogP contribution in [0.2, 0.25) is 0 Å². The van der Waals surface area contributed by atoms with Crippen LogP contribution in [0.3, 0.4) is 0 Å². The van der Waals surface area contributed by atoms with Gasteiger partial charge in [-0.05, 0) is 43.0 Å². The molecule has 0 spiro atoms. The van der Waals surface area contributed by atoms with Crippen LogP contribution in [0.5, 0.6) is 23.0 Å². The number of dihydropyridines is 1. The Morgan fingerprint density at radius 2 is 1.62 bits per heavy atom. The standard InChI is InChI=1S/C30H35NO8/c1-17-27(30(33)39-12-11-34-2)28(21-9-8-20(35-3)16-25(21)37-5)29-22(31-17)13-19(14-23(29)32)18-7-10-24(36-4)26(15-18)38-6/h7-10,15-16,19,28,31H,11-14H2,1-6H3/t19-,28+/m0/s1. The Labute approximate surface area is 228 Å². The highest BCUT2D eigenvalue weighted by Gasteiger charge is 2.42. The highest BCUT2D eigenvalue weighted by molar-refractivity contribution is 6.04. The zero-order valence-corrected chi connectivity index (χ0v) is 23.2. The number of carbonyl (C=O) groups is 2. The van der Waals surface area contributed by atoms with E-state index in [1.807, 2.05) is 31.2 Å². The van der Waals surface area contributed by atoms with Gasteiger partial charge in [-0.25, -0.2) is 4.79 Å². The van der Waals surface area contributed by atoms with E-state index >= 15 is 0 Å². The minimum Gasteiger partial charge on any atom is -0.497 e. The minimum atomic E-state index is -0.670. The lowest BCUT2D eigenvalue weighted by molar-refractivity contribution is -0.140. The molecule has 39 heavy (non-hydrogen) atoms. The number of ketones is 1. The Bertz CT molecular complexity index is 1310. The fraction of sp³-hybridized carbons (Fsp3) is 0.400. The van der Waals surface area contributed by atoms with Gasteiger partial charge < -0.3 is 33.7 Å². The maximum atomic E-state index is 13.9. The maximum Gasteiger partial charge on any atom is 0.336 e. The monoisotopic (exact) mass is 537 g/mol. The minimum absolute atomic E-state index is 0.0545. The summed E-state index contributed by atoms with van der Waals surface area (Å²) in [6.45, 7) is 2.19. The number of hydrogen-bond acceptors (Lipinski definition) is 9. The molecule has 0 unspecified atom stereocenters. The molecule has 1 aliphatic heterocycles. The first-order valence-electron chi connectivity index (χ1n) is 12.7. The number of nitrogens with one attached hydrogen (secondary N) is 1. The fourth-order valence-electron chi connectivity index (χ4n) is 5.32. The summed E-state index contributed by atoms with van der Waals surface area (Å²) in [5.74, 6) is 1.03. The van der Waals surface area contributed by atoms with E-state index in [0.29, 0.717) is 51.8 Å². The third-order valence-corrected chi connectivity index (χ3v) is 7.20. The van der Waals surface area contributed by atoms with Gasteiger partial charge in [-0.15, -0.1) is 0 Å². The summed E-state index contributed by atoms with van der Waals surface area (Å²) in [5, 5.41) is 3.37. The summed E-state index contributed by atoms with van der Waals surface area (Å²) < 4.78 is 32.5. The lowest BCUT2D eigenvalue weighted by Crippen LogP contribution is -2.36. The Morgan fingerprint density at radius 3 is 2.28 bits per heavy atom. The van der Waals surface area contributed by atoms with Crippen molar-refractivity contribution in [2.45, 2.75) is 31.6 Å². The smallest absolute Gasteiger partial charge is 0.336 e. The SMILES string of the molecule is COCCOC(=O)C1=C(C)NC2=C(C(=O)C[C@@H](c3ccc(OC)c(OC)c3)C2)[C@@H]1c1ccc(OC)cc1OC. The van der Waals surface area contributed by atoms with Gasteiger partial charge in [-0.3, -0.25) is 4.79 Å². The van der Waals surface area contributed by atoms with Crippen LogP contribution in [0.25, 0.3) is 0 Å². The predicted octanol–water partition coefficient (Wildman–Crippen LogP) is 4.27. The zero-order valence-electron chi connectivity index (χ0n) is 23.2. The second kappa shape index (κ2) is 12.3. The molecule has 4 rings (SSSR count). The molecular weight excluding hydrogens is 502 g/mol. The molecule has 9 nitrogen and oxygen atoms in total. The first-order valence-corrected chi connectivity index (χ1v) is 12.7. The van der Waals surface area contributed by atoms with Gasteiger partial charge in [-0.1, -0.05) is 12.1 Å². The highest BCUT2D eigenvalue weighted by atomic mass is 16.6. The normalized spacial score (nSPS) is 18.8. The zero-order chi connectivity index (χ0) is 28.1. The summed E-state index contributed by atoms with van der Waals surface area (Å²) >= 11 is 0. The Morgan fingerprint density at radius 1 is 0.872 bits per heavy atom. The molecule has 0 aromatic heterocycles. The van der Waals surface area contributed by atoms with Crippen molar-refractivity contribution in [3.63, 3.8) is 0 Å². The van der Waals surface area contributed by atoms with E-state index in [2.05, 4.69) is 5.32 Å². The van der Waals surface area contributed by atoms with E-state index in [0.717, 1.165) is 11.3 Å². The molecule has 1 aliphatic carbocycles. The van der Waals surface area contributed by atoms with Gasteiger partial charge in [0, 0.05) is 42.1 Å². The summed E-state index contributed by atoms with van der Waals surface area (Å²) in [5.41, 5.74) is 3.97. The number of hydrogen-bond donors (Lipinski definition) is 1. The largest absolute Gasteiger partial charge is 0.497 e. The summed E-state index contributed by atoms with van der Waals surface area (Å²) in [6, 6.07) is 11.1. The molecule has 1 N–H and O–H groups in total. The van der Waals surface area contributed by atoms with Crippen molar-refractivity contribution >= 4 is 11.8 Å². The first kappa shape index (κ1) is 28.0. The fourth-order valence-corrected chi connectivity index (χ4v) is 5.32. The van der Waals surface area contributed by atoms with Crippen LogP contribution in [0.4, 0.5) is 0 Å². The molecule has 2 aromatic carbocycles. The number of allylic oxidation sites excluding steroid dienone is 3. The van der Waals surface area contributed by atoms with Crippen molar-refractivity contribution in [3.8, 4) is 23.0 Å². The van der Waals surface area contributed by atoms with Crippen LogP contribution in [0.1, 0.15) is 42.7 Å². The lowest BCUT2D eigenvalue weighted by Gasteiger charge is -2.37. The molecule has 2 aromatic rings. The van der Waals surface area contributed by atoms with Gasteiger partial charge in [0.15, 0.2) is 17.3 Å². The number of ether oxygens (including phenoxy) is 6. The predicted molar refractivity (Wildman–Crippen MR) is 145 cm³/mol. The number of carbonyl (C=O) groups excluding carboxylic acids is 2. The third kappa shape index (κ3) is 5.59. The van der Waals surface area contributed by atoms with Crippen molar-refractivity contribution in [2.24, 2.45) is 0 Å². The number of methoxy groups -OCH3 is 5. The average Bonchev–Trinajstić information content (AvgIpc) is 2.95. The van der Waals surface area contributed by atoms with Crippen LogP contribution in [0, 0.1) is 0 Å². The van der Waals surface area contributed by atoms with Crippen molar-refractivity contribution in [1.82, 2.24) is 5.32 Å². The molecule has 1 heterocycles. The number of benzene rings is 2. The van der Waals surface area contributed by atoms with Gasteiger partial charge in [0.1, 0.15) is 18.1 Å². The van der Waals surface area contributed by atoms with Gasteiger partial charge in [0.05, 0.1) is 46.5 Å². The van der Waals surface area contributed by atoms with Crippen LogP contribution in [-0.4, -0.2) is 60.5 Å². The highest BCUT2D eigenvalue weighted by Crippen LogP contribution is 2.48. The topological polar surface area (TPSA) is 102 Å². The lowest BCUT2D eigenvalue weighted by atomic mass is 9.71. The van der Waals surface area contributed by atoms with Crippen LogP contribution < -0.4 is 24.3 Å². The molecule has 0 amide bonds. The van der Waals surface area contributed by atoms with Gasteiger partial charge in [0.2, 0.25) is 0 Å². The molecule has 0 saturated heterocycles. The summed E-state index contributed by atoms with van der Waals surface area (Å²) in [4.78, 5) is 27.3. The Kier molecular flexibility index (Phi) is 8.81. The Balaban J connectivity index is 1.79. The molecular formula is C30H35NO8. The van der Waals surface area contributed by atoms with Crippen LogP contribution in [0.15, 0.2) is 58.9 Å². The van der Waals surface area contributed by atoms with E-state index in [9.17, 15) is 9.59 Å². The van der Waals surface area contributed by atoms with E-state index in [-0.39, 0.29) is 31.3 Å². The molecule has 2 atom stereocenters. The van der Waals surface area contributed by atoms with E-state index in [1.165, 1.54) is 7.11 Å². The van der Waals surface area contributed by atoms with Crippen molar-refractivity contribution in [2.75, 3.05) is 48.8 Å². The summed E-state index contributed by atoms with van der Waals surface area (Å²) in [6.07, 6.45) is 0.852. The van der Waals surface area contributed by atoms with E-state index in [1.54, 1.807) is 40.6 Å².